The summed E-state index contributed by atoms with van der Waals surface area (Å²) in [6, 6.07) is 4.18. The third-order valence-electron chi connectivity index (χ3n) is 6.81. The third-order valence-corrected chi connectivity index (χ3v) is 7.44. The second-order valence-corrected chi connectivity index (χ2v) is 9.27. The van der Waals surface area contributed by atoms with Crippen LogP contribution in [0.2, 0.25) is 0 Å². The lowest BCUT2D eigenvalue weighted by atomic mass is 9.50. The first-order valence-electron chi connectivity index (χ1n) is 9.18. The van der Waals surface area contributed by atoms with Gasteiger partial charge in [0.1, 0.15) is 0 Å². The molecule has 1 aromatic carbocycles. The molecule has 0 spiro atoms. The van der Waals surface area contributed by atoms with Crippen LogP contribution >= 0.6 is 23.2 Å². The molecule has 25 heavy (non-hydrogen) atoms. The number of benzene rings is 1. The number of aryl methyl sites for hydroxylation is 1. The van der Waals surface area contributed by atoms with Gasteiger partial charge in [0.2, 0.25) is 5.24 Å². The van der Waals surface area contributed by atoms with E-state index in [9.17, 15) is 9.59 Å². The van der Waals surface area contributed by atoms with Crippen LogP contribution in [0.25, 0.3) is 0 Å². The average molecular weight is 381 g/mol. The minimum atomic E-state index is -0.492. The molecule has 3 rings (SSSR count). The van der Waals surface area contributed by atoms with E-state index >= 15 is 0 Å². The summed E-state index contributed by atoms with van der Waals surface area (Å²) in [7, 11) is 0. The molecule has 1 saturated carbocycles. The zero-order valence-electron chi connectivity index (χ0n) is 15.4. The normalized spacial score (nSPS) is 31.4. The van der Waals surface area contributed by atoms with Crippen LogP contribution in [-0.4, -0.2) is 10.5 Å². The van der Waals surface area contributed by atoms with Gasteiger partial charge in [0, 0.05) is 11.0 Å². The van der Waals surface area contributed by atoms with Gasteiger partial charge in [-0.3, -0.25) is 9.59 Å². The first kappa shape index (κ1) is 18.9. The Morgan fingerprint density at radius 2 is 1.84 bits per heavy atom. The van der Waals surface area contributed by atoms with Crippen LogP contribution in [-0.2, 0) is 16.6 Å². The summed E-state index contributed by atoms with van der Waals surface area (Å²) in [5, 5.41) is -0.622. The van der Waals surface area contributed by atoms with Gasteiger partial charge in [-0.25, -0.2) is 0 Å². The zero-order valence-corrected chi connectivity index (χ0v) is 16.9. The number of carbonyl (C=O) groups excluding carboxylic acids is 2. The van der Waals surface area contributed by atoms with E-state index in [-0.39, 0.29) is 22.5 Å². The summed E-state index contributed by atoms with van der Waals surface area (Å²) in [4.78, 5) is 24.3. The lowest BCUT2D eigenvalue weighted by molar-refractivity contribution is -0.127. The molecule has 3 atom stereocenters. The fourth-order valence-electron chi connectivity index (χ4n) is 5.42. The van der Waals surface area contributed by atoms with Crippen molar-refractivity contribution >= 4 is 33.7 Å². The molecule has 0 aromatic heterocycles. The van der Waals surface area contributed by atoms with Gasteiger partial charge in [-0.15, -0.1) is 0 Å². The lowest BCUT2D eigenvalue weighted by Crippen LogP contribution is -2.51. The molecule has 1 aromatic rings. The summed E-state index contributed by atoms with van der Waals surface area (Å²) < 4.78 is 0. The van der Waals surface area contributed by atoms with E-state index in [1.165, 1.54) is 11.1 Å². The van der Waals surface area contributed by atoms with Gasteiger partial charge in [-0.05, 0) is 88.9 Å². The summed E-state index contributed by atoms with van der Waals surface area (Å²) in [6.45, 7) is 8.43. The fourth-order valence-corrected chi connectivity index (χ4v) is 5.81. The highest BCUT2D eigenvalue weighted by Crippen LogP contribution is 2.58. The molecule has 4 heteroatoms. The van der Waals surface area contributed by atoms with Gasteiger partial charge in [0.25, 0.3) is 5.24 Å². The van der Waals surface area contributed by atoms with Crippen molar-refractivity contribution in [3.8, 4) is 0 Å². The summed E-state index contributed by atoms with van der Waals surface area (Å²) in [5.74, 6) is 0.448. The number of carbonyl (C=O) groups is 2. The molecule has 0 radical (unpaired) electrons. The maximum absolute atomic E-state index is 12.2. The molecular weight excluding hydrogens is 355 g/mol. The second-order valence-electron chi connectivity index (χ2n) is 8.58. The molecule has 0 aliphatic heterocycles. The third kappa shape index (κ3) is 2.86. The summed E-state index contributed by atoms with van der Waals surface area (Å²) >= 11 is 11.9. The molecule has 0 bridgehead atoms. The molecule has 0 saturated heterocycles. The molecule has 136 valence electrons. The highest BCUT2D eigenvalue weighted by atomic mass is 35.5. The summed E-state index contributed by atoms with van der Waals surface area (Å²) in [6.07, 6.45) is 4.71. The van der Waals surface area contributed by atoms with E-state index in [0.29, 0.717) is 5.56 Å². The Hall–Kier alpha value is -0.860. The maximum Gasteiger partial charge on any atom is 0.252 e. The van der Waals surface area contributed by atoms with Crippen molar-refractivity contribution in [1.29, 1.82) is 0 Å². The molecule has 2 aliphatic carbocycles. The number of rotatable bonds is 3. The van der Waals surface area contributed by atoms with E-state index in [4.69, 9.17) is 23.2 Å². The molecule has 0 N–H and O–H groups in total. The molecule has 2 aliphatic rings. The Labute approximate surface area is 160 Å². The van der Waals surface area contributed by atoms with Crippen LogP contribution in [0.4, 0.5) is 0 Å². The van der Waals surface area contributed by atoms with Gasteiger partial charge in [-0.2, -0.15) is 0 Å². The van der Waals surface area contributed by atoms with Crippen molar-refractivity contribution in [3.05, 3.63) is 34.4 Å². The number of fused-ring (bicyclic) bond motifs is 3. The van der Waals surface area contributed by atoms with Crippen molar-refractivity contribution in [2.24, 2.45) is 11.3 Å². The van der Waals surface area contributed by atoms with Crippen LogP contribution in [0, 0.1) is 11.3 Å². The monoisotopic (exact) mass is 380 g/mol. The second kappa shape index (κ2) is 6.39. The molecule has 1 fully saturated rings. The Kier molecular flexibility index (Phi) is 4.83. The van der Waals surface area contributed by atoms with Crippen molar-refractivity contribution in [2.75, 3.05) is 0 Å². The molecular formula is C21H26Cl2O2. The van der Waals surface area contributed by atoms with Crippen LogP contribution in [0.15, 0.2) is 12.1 Å². The molecule has 0 amide bonds. The number of halogens is 2. The largest absolute Gasteiger partial charge is 0.281 e. The Balaban J connectivity index is 2.19. The first-order valence-corrected chi connectivity index (χ1v) is 9.94. The standard InChI is InChI=1S/C21H26Cl2O2/c1-12(2)14-10-13-6-7-17-20(3,16(13)11-15(14)18(22)24)8-5-9-21(17,4)19(23)25/h10-12,17H,5-9H2,1-4H3. The molecule has 0 heterocycles. The van der Waals surface area contributed by atoms with Crippen molar-refractivity contribution in [3.63, 3.8) is 0 Å². The van der Waals surface area contributed by atoms with Gasteiger partial charge in [-0.1, -0.05) is 40.2 Å². The molecule has 3 unspecified atom stereocenters. The number of hydrogen-bond donors (Lipinski definition) is 0. The Morgan fingerprint density at radius 3 is 2.40 bits per heavy atom. The van der Waals surface area contributed by atoms with Crippen LogP contribution in [0.5, 0.6) is 0 Å². The van der Waals surface area contributed by atoms with Crippen LogP contribution in [0.3, 0.4) is 0 Å². The average Bonchev–Trinajstić information content (AvgIpc) is 2.53. The predicted molar refractivity (Wildman–Crippen MR) is 103 cm³/mol. The van der Waals surface area contributed by atoms with Gasteiger partial charge >= 0.3 is 0 Å². The highest BCUT2D eigenvalue weighted by molar-refractivity contribution is 6.68. The minimum absolute atomic E-state index is 0.137. The lowest BCUT2D eigenvalue weighted by Gasteiger charge is -2.54. The summed E-state index contributed by atoms with van der Waals surface area (Å²) in [5.41, 5.74) is 3.50. The van der Waals surface area contributed by atoms with E-state index in [1.807, 2.05) is 13.0 Å². The quantitative estimate of drug-likeness (QED) is 0.605. The van der Waals surface area contributed by atoms with Gasteiger partial charge in [0.15, 0.2) is 0 Å². The zero-order chi connectivity index (χ0) is 18.6. The topological polar surface area (TPSA) is 34.1 Å². The van der Waals surface area contributed by atoms with Crippen molar-refractivity contribution in [2.45, 2.75) is 71.1 Å². The van der Waals surface area contributed by atoms with E-state index < -0.39 is 10.7 Å². The minimum Gasteiger partial charge on any atom is -0.281 e. The van der Waals surface area contributed by atoms with Crippen LogP contribution in [0.1, 0.15) is 86.3 Å². The smallest absolute Gasteiger partial charge is 0.252 e. The van der Waals surface area contributed by atoms with Crippen molar-refractivity contribution in [1.82, 2.24) is 0 Å². The highest BCUT2D eigenvalue weighted by Gasteiger charge is 2.54. The predicted octanol–water partition coefficient (Wildman–Crippen LogP) is 5.96. The van der Waals surface area contributed by atoms with Gasteiger partial charge < -0.3 is 0 Å². The van der Waals surface area contributed by atoms with Crippen LogP contribution < -0.4 is 0 Å². The maximum atomic E-state index is 12.2. The van der Waals surface area contributed by atoms with E-state index in [1.54, 1.807) is 0 Å². The fraction of sp³-hybridized carbons (Fsp3) is 0.619. The van der Waals surface area contributed by atoms with Gasteiger partial charge in [0.05, 0.1) is 0 Å². The first-order chi connectivity index (χ1) is 11.6. The Bertz CT molecular complexity index is 740. The number of hydrogen-bond acceptors (Lipinski definition) is 2. The van der Waals surface area contributed by atoms with Crippen molar-refractivity contribution < 1.29 is 9.59 Å². The van der Waals surface area contributed by atoms with E-state index in [2.05, 4.69) is 26.8 Å². The molecule has 2 nitrogen and oxygen atoms in total. The Morgan fingerprint density at radius 1 is 1.16 bits per heavy atom. The van der Waals surface area contributed by atoms with E-state index in [0.717, 1.165) is 37.7 Å². The SMILES string of the molecule is CC(C)c1cc2c(cc1C(=O)Cl)C1(C)CCCC(C)(C(=O)Cl)C1CC2.